The van der Waals surface area contributed by atoms with Crippen molar-refractivity contribution in [2.45, 2.75) is 111 Å². The van der Waals surface area contributed by atoms with Crippen molar-refractivity contribution >= 4 is 24.8 Å². The minimum Gasteiger partial charge on any atom is -0.147 e. The van der Waals surface area contributed by atoms with Crippen LogP contribution in [0.25, 0.3) is 0 Å². The lowest BCUT2D eigenvalue weighted by Gasteiger charge is -2.02. The normalized spacial score (nSPS) is 9.16. The van der Waals surface area contributed by atoms with Crippen LogP contribution in [0.1, 0.15) is 111 Å². The Balaban J connectivity index is -0.000000375. The highest BCUT2D eigenvalue weighted by Crippen LogP contribution is 2.12. The van der Waals surface area contributed by atoms with Gasteiger partial charge in [0.2, 0.25) is 0 Å². The zero-order chi connectivity index (χ0) is 11.9. The molecular weight excluding hydrogens is 275 g/mol. The van der Waals surface area contributed by atoms with Gasteiger partial charge in [-0.05, 0) is 0 Å². The van der Waals surface area contributed by atoms with E-state index >= 15 is 0 Å². The molecule has 0 atom stereocenters. The summed E-state index contributed by atoms with van der Waals surface area (Å²) in [7, 11) is 0. The molecular formula is C17H40Cl2. The second-order valence-corrected chi connectivity index (χ2v) is 5.24. The highest BCUT2D eigenvalue weighted by Gasteiger charge is 1.92. The largest absolute Gasteiger partial charge is 0.147 e. The second kappa shape index (κ2) is 27.0. The minimum atomic E-state index is 0. The number of hydrogen-bond acceptors (Lipinski definition) is 0. The third-order valence-electron chi connectivity index (χ3n) is 3.46. The highest BCUT2D eigenvalue weighted by atomic mass is 35.5. The molecule has 0 aromatic heterocycles. The Kier molecular flexibility index (Phi) is 39.6. The van der Waals surface area contributed by atoms with Crippen molar-refractivity contribution < 1.29 is 0 Å². The molecule has 0 rings (SSSR count). The molecule has 122 valence electrons. The Labute approximate surface area is 136 Å². The van der Waals surface area contributed by atoms with E-state index in [1.165, 1.54) is 89.9 Å². The van der Waals surface area contributed by atoms with Crippen molar-refractivity contribution in [3.8, 4) is 0 Å². The van der Waals surface area contributed by atoms with Crippen LogP contribution in [0, 0.1) is 0 Å². The van der Waals surface area contributed by atoms with Crippen molar-refractivity contribution in [3.05, 3.63) is 0 Å². The first-order valence-electron chi connectivity index (χ1n) is 7.91. The Morgan fingerprint density at radius 3 is 0.684 bits per heavy atom. The second-order valence-electron chi connectivity index (χ2n) is 5.24. The summed E-state index contributed by atoms with van der Waals surface area (Å²) in [6.07, 6.45) is 20.4. The molecule has 0 bridgehead atoms. The number of unbranched alkanes of at least 4 members (excludes halogenated alkanes) is 13. The van der Waals surface area contributed by atoms with Gasteiger partial charge in [-0.15, -0.1) is 24.8 Å². The third kappa shape index (κ3) is 27.7. The van der Waals surface area contributed by atoms with Crippen molar-refractivity contribution in [3.63, 3.8) is 0 Å². The Morgan fingerprint density at radius 1 is 0.368 bits per heavy atom. The minimum absolute atomic E-state index is 0. The third-order valence-corrected chi connectivity index (χ3v) is 3.46. The molecule has 0 aliphatic rings. The van der Waals surface area contributed by atoms with E-state index in [-0.39, 0.29) is 32.2 Å². The zero-order valence-electron chi connectivity index (χ0n) is 12.7. The summed E-state index contributed by atoms with van der Waals surface area (Å²) in [5, 5.41) is 0. The van der Waals surface area contributed by atoms with Crippen LogP contribution in [-0.4, -0.2) is 0 Å². The van der Waals surface area contributed by atoms with Gasteiger partial charge >= 0.3 is 0 Å². The predicted molar refractivity (Wildman–Crippen MR) is 97.2 cm³/mol. The van der Waals surface area contributed by atoms with Crippen molar-refractivity contribution in [1.82, 2.24) is 0 Å². The van der Waals surface area contributed by atoms with Gasteiger partial charge in [0.1, 0.15) is 0 Å². The van der Waals surface area contributed by atoms with E-state index in [1.54, 1.807) is 0 Å². The van der Waals surface area contributed by atoms with Crippen LogP contribution >= 0.6 is 24.8 Å². The topological polar surface area (TPSA) is 0 Å². The monoisotopic (exact) mass is 314 g/mol. The lowest BCUT2D eigenvalue weighted by molar-refractivity contribution is 0.538. The number of hydrogen-bond donors (Lipinski definition) is 0. The maximum Gasteiger partial charge on any atom is -0.0533 e. The quantitative estimate of drug-likeness (QED) is 0.302. The van der Waals surface area contributed by atoms with Gasteiger partial charge in [0, 0.05) is 0 Å². The summed E-state index contributed by atoms with van der Waals surface area (Å²) < 4.78 is 0. The molecule has 0 heterocycles. The van der Waals surface area contributed by atoms with Gasteiger partial charge in [-0.1, -0.05) is 111 Å². The SMILES string of the molecule is C.CCCCCCCCCCCCCCCC.Cl.Cl. The predicted octanol–water partition coefficient (Wildman–Crippen LogP) is 7.97. The first-order valence-corrected chi connectivity index (χ1v) is 7.91. The highest BCUT2D eigenvalue weighted by molar-refractivity contribution is 5.85. The molecule has 0 aliphatic heterocycles. The van der Waals surface area contributed by atoms with E-state index in [2.05, 4.69) is 13.8 Å². The van der Waals surface area contributed by atoms with E-state index in [1.807, 2.05) is 0 Å². The first-order chi connectivity index (χ1) is 7.91. The maximum atomic E-state index is 2.29. The molecule has 0 N–H and O–H groups in total. The summed E-state index contributed by atoms with van der Waals surface area (Å²) in [6.45, 7) is 4.58. The van der Waals surface area contributed by atoms with Gasteiger partial charge < -0.3 is 0 Å². The fraction of sp³-hybridized carbons (Fsp3) is 1.00. The van der Waals surface area contributed by atoms with E-state index in [4.69, 9.17) is 0 Å². The van der Waals surface area contributed by atoms with Crippen LogP contribution in [0.3, 0.4) is 0 Å². The van der Waals surface area contributed by atoms with Crippen molar-refractivity contribution in [1.29, 1.82) is 0 Å². The van der Waals surface area contributed by atoms with E-state index in [9.17, 15) is 0 Å². The molecule has 2 heteroatoms. The molecule has 0 aromatic carbocycles. The lowest BCUT2D eigenvalue weighted by atomic mass is 10.0. The summed E-state index contributed by atoms with van der Waals surface area (Å²) >= 11 is 0. The molecule has 0 amide bonds. The van der Waals surface area contributed by atoms with E-state index in [0.29, 0.717) is 0 Å². The lowest BCUT2D eigenvalue weighted by Crippen LogP contribution is -1.82. The summed E-state index contributed by atoms with van der Waals surface area (Å²) in [6, 6.07) is 0. The van der Waals surface area contributed by atoms with Gasteiger partial charge in [0.15, 0.2) is 0 Å². The van der Waals surface area contributed by atoms with Gasteiger partial charge in [-0.3, -0.25) is 0 Å². The van der Waals surface area contributed by atoms with Gasteiger partial charge in [0.25, 0.3) is 0 Å². The molecule has 0 saturated carbocycles. The molecule has 19 heavy (non-hydrogen) atoms. The van der Waals surface area contributed by atoms with Crippen LogP contribution in [0.4, 0.5) is 0 Å². The fourth-order valence-electron chi connectivity index (χ4n) is 2.27. The molecule has 0 aliphatic carbocycles. The molecule has 0 saturated heterocycles. The van der Waals surface area contributed by atoms with Gasteiger partial charge in [-0.2, -0.15) is 0 Å². The van der Waals surface area contributed by atoms with Gasteiger partial charge in [0.05, 0.1) is 0 Å². The molecule has 0 radical (unpaired) electrons. The Morgan fingerprint density at radius 2 is 0.526 bits per heavy atom. The molecule has 0 unspecified atom stereocenters. The number of halogens is 2. The summed E-state index contributed by atoms with van der Waals surface area (Å²) in [4.78, 5) is 0. The van der Waals surface area contributed by atoms with Crippen LogP contribution < -0.4 is 0 Å². The smallest absolute Gasteiger partial charge is 0.0533 e. The molecule has 0 spiro atoms. The van der Waals surface area contributed by atoms with Crippen molar-refractivity contribution in [2.75, 3.05) is 0 Å². The van der Waals surface area contributed by atoms with Gasteiger partial charge in [-0.25, -0.2) is 0 Å². The first kappa shape index (κ1) is 27.8. The average molecular weight is 315 g/mol. The Hall–Kier alpha value is 0.580. The van der Waals surface area contributed by atoms with Crippen LogP contribution in [0.5, 0.6) is 0 Å². The Bertz CT molecular complexity index is 102. The average Bonchev–Trinajstić information content (AvgIpc) is 2.31. The summed E-state index contributed by atoms with van der Waals surface area (Å²) in [5.74, 6) is 0. The van der Waals surface area contributed by atoms with Crippen LogP contribution in [-0.2, 0) is 0 Å². The maximum absolute atomic E-state index is 2.29. The van der Waals surface area contributed by atoms with Crippen LogP contribution in [0.15, 0.2) is 0 Å². The van der Waals surface area contributed by atoms with Crippen LogP contribution in [0.2, 0.25) is 0 Å². The molecule has 0 aromatic rings. The zero-order valence-corrected chi connectivity index (χ0v) is 14.3. The number of rotatable bonds is 13. The van der Waals surface area contributed by atoms with E-state index < -0.39 is 0 Å². The molecule has 0 nitrogen and oxygen atoms in total. The summed E-state index contributed by atoms with van der Waals surface area (Å²) in [5.41, 5.74) is 0. The standard InChI is InChI=1S/C16H34.CH4.2ClH/c1-3-5-7-9-11-13-15-16-14-12-10-8-6-4-2;;;/h3-16H2,1-2H3;1H4;2*1H. The van der Waals surface area contributed by atoms with Crippen molar-refractivity contribution in [2.24, 2.45) is 0 Å². The fourth-order valence-corrected chi connectivity index (χ4v) is 2.27. The van der Waals surface area contributed by atoms with E-state index in [0.717, 1.165) is 0 Å². The molecule has 0 fully saturated rings.